The van der Waals surface area contributed by atoms with Gasteiger partial charge in [0.2, 0.25) is 11.8 Å². The van der Waals surface area contributed by atoms with Crippen molar-refractivity contribution in [3.05, 3.63) is 49.6 Å². The number of nitrogens with zero attached hydrogens (tertiary/aromatic N) is 4. The molecule has 1 aromatic carbocycles. The molecular formula is C32H46N4O5. The van der Waals surface area contributed by atoms with Gasteiger partial charge >= 0.3 is 0 Å². The normalized spacial score (nSPS) is 27.0. The maximum Gasteiger partial charge on any atom is 0.253 e. The Morgan fingerprint density at radius 3 is 2.29 bits per heavy atom. The topological polar surface area (TPSA) is 93.6 Å². The second kappa shape index (κ2) is 12.8. The van der Waals surface area contributed by atoms with Gasteiger partial charge < -0.3 is 29.4 Å². The van der Waals surface area contributed by atoms with Crippen LogP contribution in [0, 0.1) is 11.8 Å². The fourth-order valence-electron chi connectivity index (χ4n) is 7.17. The number of hydrogen-bond donors (Lipinski definition) is 1. The summed E-state index contributed by atoms with van der Waals surface area (Å²) in [5.41, 5.74) is 0.620. The molecule has 2 unspecified atom stereocenters. The van der Waals surface area contributed by atoms with Gasteiger partial charge in [-0.05, 0) is 64.3 Å². The molecule has 2 bridgehead atoms. The maximum absolute atomic E-state index is 14.6. The van der Waals surface area contributed by atoms with Crippen LogP contribution in [0.25, 0.3) is 0 Å². The Hall–Kier alpha value is -3.17. The molecule has 3 saturated heterocycles. The highest BCUT2D eigenvalue weighted by Crippen LogP contribution is 2.59. The molecule has 1 spiro atoms. The van der Waals surface area contributed by atoms with E-state index < -0.39 is 35.6 Å². The molecule has 6 atom stereocenters. The summed E-state index contributed by atoms with van der Waals surface area (Å²) >= 11 is 0. The Balaban J connectivity index is 1.74. The summed E-state index contributed by atoms with van der Waals surface area (Å²) in [6.07, 6.45) is 4.81. The predicted octanol–water partition coefficient (Wildman–Crippen LogP) is 3.23. The molecule has 9 heteroatoms. The number of amides is 3. The predicted molar refractivity (Wildman–Crippen MR) is 161 cm³/mol. The lowest BCUT2D eigenvalue weighted by atomic mass is 9.70. The Labute approximate surface area is 244 Å². The van der Waals surface area contributed by atoms with E-state index in [0.29, 0.717) is 31.6 Å². The highest BCUT2D eigenvalue weighted by atomic mass is 16.5. The highest BCUT2D eigenvalue weighted by molar-refractivity contribution is 6.05. The summed E-state index contributed by atoms with van der Waals surface area (Å²) in [5, 5.41) is 10.2. The van der Waals surface area contributed by atoms with E-state index in [4.69, 9.17) is 4.74 Å². The van der Waals surface area contributed by atoms with Gasteiger partial charge in [-0.15, -0.1) is 13.2 Å². The molecule has 0 radical (unpaired) electrons. The van der Waals surface area contributed by atoms with Crippen molar-refractivity contribution in [2.75, 3.05) is 49.1 Å². The Morgan fingerprint density at radius 1 is 1.10 bits per heavy atom. The quantitative estimate of drug-likeness (QED) is 0.348. The minimum absolute atomic E-state index is 0.128. The van der Waals surface area contributed by atoms with Gasteiger partial charge in [0.25, 0.3) is 5.91 Å². The Bertz CT molecular complexity index is 1140. The van der Waals surface area contributed by atoms with E-state index in [0.717, 1.165) is 25.2 Å². The average Bonchev–Trinajstić information content (AvgIpc) is 3.63. The third-order valence-corrected chi connectivity index (χ3v) is 9.02. The fourth-order valence-corrected chi connectivity index (χ4v) is 7.17. The lowest BCUT2D eigenvalue weighted by molar-refractivity contribution is -0.147. The van der Waals surface area contributed by atoms with Gasteiger partial charge in [-0.1, -0.05) is 19.1 Å². The zero-order chi connectivity index (χ0) is 29.9. The third-order valence-electron chi connectivity index (χ3n) is 9.02. The van der Waals surface area contributed by atoms with Gasteiger partial charge in [-0.2, -0.15) is 0 Å². The van der Waals surface area contributed by atoms with Crippen LogP contribution in [-0.4, -0.2) is 95.7 Å². The molecule has 3 fully saturated rings. The minimum atomic E-state index is -1.13. The number of aliphatic hydroxyl groups is 1. The summed E-state index contributed by atoms with van der Waals surface area (Å²) in [6.45, 7) is 18.2. The second-order valence-corrected chi connectivity index (χ2v) is 11.3. The first-order chi connectivity index (χ1) is 19.7. The summed E-state index contributed by atoms with van der Waals surface area (Å²) in [5.74, 6) is -2.17. The number of rotatable bonds is 14. The number of carbonyl (C=O) groups is 3. The van der Waals surface area contributed by atoms with Gasteiger partial charge in [0, 0.05) is 44.1 Å². The van der Waals surface area contributed by atoms with Crippen LogP contribution in [0.2, 0.25) is 0 Å². The highest BCUT2D eigenvalue weighted by Gasteiger charge is 2.75. The number of benzene rings is 1. The van der Waals surface area contributed by atoms with Crippen LogP contribution in [0.1, 0.15) is 47.0 Å². The SMILES string of the molecule is C=CCN(CCC)C(=O)[C@@H]1[C@H]2C(=O)N([C@H](C)CO)C(C(=O)N(CC=C)c3ccc(N(CC)CC)cc3)C23CC[C@H]1O3. The van der Waals surface area contributed by atoms with Crippen molar-refractivity contribution in [2.24, 2.45) is 11.8 Å². The molecule has 0 aromatic heterocycles. The number of hydrogen-bond acceptors (Lipinski definition) is 6. The number of fused-ring (bicyclic) bond motifs is 1. The first kappa shape index (κ1) is 30.8. The molecule has 1 N–H and O–H groups in total. The molecular weight excluding hydrogens is 520 g/mol. The minimum Gasteiger partial charge on any atom is -0.394 e. The van der Waals surface area contributed by atoms with E-state index in [2.05, 4.69) is 31.9 Å². The van der Waals surface area contributed by atoms with E-state index in [9.17, 15) is 19.5 Å². The first-order valence-corrected chi connectivity index (χ1v) is 15.0. The van der Waals surface area contributed by atoms with Gasteiger partial charge in [-0.25, -0.2) is 0 Å². The molecule has 3 aliphatic heterocycles. The molecule has 3 heterocycles. The second-order valence-electron chi connectivity index (χ2n) is 11.3. The molecule has 0 aliphatic carbocycles. The number of likely N-dealkylation sites (tertiary alicyclic amines) is 1. The van der Waals surface area contributed by atoms with Gasteiger partial charge in [0.1, 0.15) is 11.6 Å². The molecule has 9 nitrogen and oxygen atoms in total. The number of anilines is 2. The van der Waals surface area contributed by atoms with Crippen molar-refractivity contribution in [1.29, 1.82) is 0 Å². The standard InChI is InChI=1S/C32H46N4O5/c1-7-18-34(19-8-2)29(38)26-25-16-17-32(41-25)27(26)30(39)36(22(6)21-37)28(32)31(40)35(20-9-3)24-14-12-23(13-15-24)33(10-4)11-5/h7,9,12-15,22,25-28,37H,1,3,8,10-11,16-21H2,2,4-6H3/t22-,25-,26+,27+,28?,32?/m1/s1. The Morgan fingerprint density at radius 2 is 1.73 bits per heavy atom. The van der Waals surface area contributed by atoms with Crippen LogP contribution >= 0.6 is 0 Å². The largest absolute Gasteiger partial charge is 0.394 e. The number of ether oxygens (including phenoxy) is 1. The van der Waals surface area contributed by atoms with Crippen LogP contribution in [0.4, 0.5) is 11.4 Å². The van der Waals surface area contributed by atoms with Gasteiger partial charge in [-0.3, -0.25) is 14.4 Å². The molecule has 3 amide bonds. The van der Waals surface area contributed by atoms with E-state index in [1.807, 2.05) is 31.2 Å². The molecule has 4 rings (SSSR count). The Kier molecular flexibility index (Phi) is 9.59. The van der Waals surface area contributed by atoms with Crippen LogP contribution in [0.3, 0.4) is 0 Å². The van der Waals surface area contributed by atoms with E-state index in [1.54, 1.807) is 28.9 Å². The molecule has 224 valence electrons. The van der Waals surface area contributed by atoms with Crippen molar-refractivity contribution < 1.29 is 24.2 Å². The van der Waals surface area contributed by atoms with Gasteiger partial charge in [0.15, 0.2) is 0 Å². The van der Waals surface area contributed by atoms with Crippen LogP contribution in [-0.2, 0) is 19.1 Å². The van der Waals surface area contributed by atoms with Crippen LogP contribution in [0.5, 0.6) is 0 Å². The average molecular weight is 567 g/mol. The third kappa shape index (κ3) is 5.18. The van der Waals surface area contributed by atoms with Crippen LogP contribution in [0.15, 0.2) is 49.6 Å². The maximum atomic E-state index is 14.6. The van der Waals surface area contributed by atoms with Crippen molar-refractivity contribution in [3.8, 4) is 0 Å². The van der Waals surface area contributed by atoms with Crippen molar-refractivity contribution in [3.63, 3.8) is 0 Å². The smallest absolute Gasteiger partial charge is 0.253 e. The summed E-state index contributed by atoms with van der Waals surface area (Å²) in [6, 6.07) is 6.23. The monoisotopic (exact) mass is 566 g/mol. The summed E-state index contributed by atoms with van der Waals surface area (Å²) < 4.78 is 6.60. The fraction of sp³-hybridized carbons (Fsp3) is 0.594. The summed E-state index contributed by atoms with van der Waals surface area (Å²) in [7, 11) is 0. The zero-order valence-electron chi connectivity index (χ0n) is 25.0. The van der Waals surface area contributed by atoms with Crippen molar-refractivity contribution >= 4 is 29.1 Å². The van der Waals surface area contributed by atoms with E-state index >= 15 is 0 Å². The molecule has 1 aromatic rings. The van der Waals surface area contributed by atoms with E-state index in [1.165, 1.54) is 4.90 Å². The lowest BCUT2D eigenvalue weighted by Crippen LogP contribution is -2.58. The van der Waals surface area contributed by atoms with Crippen molar-refractivity contribution in [1.82, 2.24) is 9.80 Å². The first-order valence-electron chi connectivity index (χ1n) is 15.0. The number of aliphatic hydroxyl groups excluding tert-OH is 1. The molecule has 3 aliphatic rings. The molecule has 41 heavy (non-hydrogen) atoms. The van der Waals surface area contributed by atoms with Gasteiger partial charge in [0.05, 0.1) is 30.6 Å². The van der Waals surface area contributed by atoms with Crippen LogP contribution < -0.4 is 9.80 Å². The zero-order valence-corrected chi connectivity index (χ0v) is 25.0. The number of carbonyl (C=O) groups excluding carboxylic acids is 3. The lowest BCUT2D eigenvalue weighted by Gasteiger charge is -2.38. The summed E-state index contributed by atoms with van der Waals surface area (Å²) in [4.78, 5) is 49.8. The van der Waals surface area contributed by atoms with E-state index in [-0.39, 0.29) is 30.9 Å². The molecule has 0 saturated carbocycles. The van der Waals surface area contributed by atoms with Crippen molar-refractivity contribution in [2.45, 2.75) is 70.7 Å².